The summed E-state index contributed by atoms with van der Waals surface area (Å²) < 4.78 is 0. The molecule has 0 heterocycles. The molecule has 20 heavy (non-hydrogen) atoms. The van der Waals surface area contributed by atoms with Gasteiger partial charge in [0.05, 0.1) is 6.42 Å². The summed E-state index contributed by atoms with van der Waals surface area (Å²) in [6, 6.07) is 15.7. The van der Waals surface area contributed by atoms with Crippen LogP contribution in [0, 0.1) is 6.92 Å². The van der Waals surface area contributed by atoms with Crippen molar-refractivity contribution in [3.8, 4) is 0 Å². The van der Waals surface area contributed by atoms with Crippen molar-refractivity contribution >= 4 is 17.5 Å². The van der Waals surface area contributed by atoms with E-state index in [-0.39, 0.29) is 5.91 Å². The van der Waals surface area contributed by atoms with Crippen LogP contribution < -0.4 is 5.32 Å². The Labute approximate surface area is 124 Å². The first-order valence-corrected chi connectivity index (χ1v) is 7.08. The van der Waals surface area contributed by atoms with Gasteiger partial charge in [0.1, 0.15) is 0 Å². The summed E-state index contributed by atoms with van der Waals surface area (Å²) >= 11 is 5.92. The summed E-state index contributed by atoms with van der Waals surface area (Å²) in [5.74, 6) is 0.0568. The van der Waals surface area contributed by atoms with E-state index < -0.39 is 0 Å². The predicted octanol–water partition coefficient (Wildman–Crippen LogP) is 3.55. The lowest BCUT2D eigenvalue weighted by Crippen LogP contribution is -2.27. The van der Waals surface area contributed by atoms with E-state index in [1.807, 2.05) is 55.5 Å². The quantitative estimate of drug-likeness (QED) is 0.895. The van der Waals surface area contributed by atoms with Crippen LogP contribution in [0.15, 0.2) is 48.5 Å². The van der Waals surface area contributed by atoms with Crippen LogP contribution >= 0.6 is 11.6 Å². The molecule has 0 atom stereocenters. The van der Waals surface area contributed by atoms with Crippen molar-refractivity contribution in [1.29, 1.82) is 0 Å². The monoisotopic (exact) mass is 287 g/mol. The second kappa shape index (κ2) is 7.11. The predicted molar refractivity (Wildman–Crippen MR) is 83.0 cm³/mol. The van der Waals surface area contributed by atoms with Gasteiger partial charge in [0.15, 0.2) is 0 Å². The summed E-state index contributed by atoms with van der Waals surface area (Å²) in [6.07, 6.45) is 1.22. The van der Waals surface area contributed by atoms with Crippen LogP contribution in [0.1, 0.15) is 16.7 Å². The molecule has 0 fully saturated rings. The van der Waals surface area contributed by atoms with E-state index in [2.05, 4.69) is 5.32 Å². The van der Waals surface area contributed by atoms with E-state index in [0.29, 0.717) is 13.0 Å². The van der Waals surface area contributed by atoms with Crippen molar-refractivity contribution in [2.45, 2.75) is 19.8 Å². The van der Waals surface area contributed by atoms with Crippen LogP contribution in [0.4, 0.5) is 0 Å². The van der Waals surface area contributed by atoms with Gasteiger partial charge in [-0.1, -0.05) is 48.0 Å². The molecule has 0 bridgehead atoms. The Balaban J connectivity index is 1.80. The average molecular weight is 288 g/mol. The molecule has 0 saturated carbocycles. The van der Waals surface area contributed by atoms with E-state index in [4.69, 9.17) is 11.6 Å². The Kier molecular flexibility index (Phi) is 5.19. The SMILES string of the molecule is Cc1ccccc1CC(=O)NCCc1cccc(Cl)c1. The third kappa shape index (κ3) is 4.39. The molecule has 0 aliphatic heterocycles. The Morgan fingerprint density at radius 1 is 1.15 bits per heavy atom. The van der Waals surface area contributed by atoms with Gasteiger partial charge in [0, 0.05) is 11.6 Å². The molecule has 104 valence electrons. The topological polar surface area (TPSA) is 29.1 Å². The van der Waals surface area contributed by atoms with Crippen molar-refractivity contribution in [3.63, 3.8) is 0 Å². The lowest BCUT2D eigenvalue weighted by atomic mass is 10.1. The third-order valence-electron chi connectivity index (χ3n) is 3.24. The number of hydrogen-bond acceptors (Lipinski definition) is 1. The average Bonchev–Trinajstić information content (AvgIpc) is 2.41. The molecule has 0 aliphatic carbocycles. The molecule has 1 amide bonds. The van der Waals surface area contributed by atoms with Gasteiger partial charge in [-0.05, 0) is 42.2 Å². The summed E-state index contributed by atoms with van der Waals surface area (Å²) in [7, 11) is 0. The zero-order valence-corrected chi connectivity index (χ0v) is 12.3. The number of amides is 1. The van der Waals surface area contributed by atoms with Gasteiger partial charge in [0.2, 0.25) is 5.91 Å². The number of carbonyl (C=O) groups excluding carboxylic acids is 1. The van der Waals surface area contributed by atoms with Gasteiger partial charge in [-0.2, -0.15) is 0 Å². The largest absolute Gasteiger partial charge is 0.355 e. The summed E-state index contributed by atoms with van der Waals surface area (Å²) in [6.45, 7) is 2.65. The maximum absolute atomic E-state index is 11.9. The number of halogens is 1. The summed E-state index contributed by atoms with van der Waals surface area (Å²) in [4.78, 5) is 11.9. The minimum absolute atomic E-state index is 0.0568. The molecule has 1 N–H and O–H groups in total. The Morgan fingerprint density at radius 2 is 1.95 bits per heavy atom. The van der Waals surface area contributed by atoms with Crippen molar-refractivity contribution in [2.75, 3.05) is 6.54 Å². The minimum Gasteiger partial charge on any atom is -0.355 e. The highest BCUT2D eigenvalue weighted by Gasteiger charge is 2.05. The number of benzene rings is 2. The van der Waals surface area contributed by atoms with Gasteiger partial charge in [-0.15, -0.1) is 0 Å². The molecule has 0 aromatic heterocycles. The normalized spacial score (nSPS) is 10.3. The molecule has 2 aromatic rings. The molecule has 2 rings (SSSR count). The van der Waals surface area contributed by atoms with Crippen LogP contribution in [0.2, 0.25) is 5.02 Å². The number of carbonyl (C=O) groups is 1. The van der Waals surface area contributed by atoms with Gasteiger partial charge < -0.3 is 5.32 Å². The van der Waals surface area contributed by atoms with E-state index in [1.165, 1.54) is 0 Å². The highest BCUT2D eigenvalue weighted by molar-refractivity contribution is 6.30. The van der Waals surface area contributed by atoms with Gasteiger partial charge in [-0.25, -0.2) is 0 Å². The lowest BCUT2D eigenvalue weighted by molar-refractivity contribution is -0.120. The fraction of sp³-hybridized carbons (Fsp3) is 0.235. The Hall–Kier alpha value is -1.80. The zero-order chi connectivity index (χ0) is 14.4. The van der Waals surface area contributed by atoms with Crippen LogP contribution in [0.3, 0.4) is 0 Å². The number of aryl methyl sites for hydroxylation is 1. The first-order chi connectivity index (χ1) is 9.65. The second-order valence-corrected chi connectivity index (χ2v) is 5.27. The highest BCUT2D eigenvalue weighted by Crippen LogP contribution is 2.11. The fourth-order valence-corrected chi connectivity index (χ4v) is 2.30. The molecule has 0 aliphatic rings. The molecule has 2 nitrogen and oxygen atoms in total. The molecular formula is C17H18ClNO. The van der Waals surface area contributed by atoms with E-state index in [0.717, 1.165) is 28.1 Å². The summed E-state index contributed by atoms with van der Waals surface area (Å²) in [5.41, 5.74) is 3.36. The number of rotatable bonds is 5. The second-order valence-electron chi connectivity index (χ2n) is 4.83. The molecule has 0 unspecified atom stereocenters. The molecule has 3 heteroatoms. The van der Waals surface area contributed by atoms with Crippen molar-refractivity contribution < 1.29 is 4.79 Å². The fourth-order valence-electron chi connectivity index (χ4n) is 2.08. The van der Waals surface area contributed by atoms with Crippen molar-refractivity contribution in [1.82, 2.24) is 5.32 Å². The van der Waals surface area contributed by atoms with Gasteiger partial charge in [0.25, 0.3) is 0 Å². The maximum atomic E-state index is 11.9. The Morgan fingerprint density at radius 3 is 2.70 bits per heavy atom. The van der Waals surface area contributed by atoms with Crippen LogP contribution in [0.25, 0.3) is 0 Å². The highest BCUT2D eigenvalue weighted by atomic mass is 35.5. The van der Waals surface area contributed by atoms with E-state index >= 15 is 0 Å². The van der Waals surface area contributed by atoms with Crippen LogP contribution in [-0.2, 0) is 17.6 Å². The molecule has 2 aromatic carbocycles. The maximum Gasteiger partial charge on any atom is 0.224 e. The molecule has 0 spiro atoms. The van der Waals surface area contributed by atoms with Gasteiger partial charge >= 0.3 is 0 Å². The third-order valence-corrected chi connectivity index (χ3v) is 3.47. The van der Waals surface area contributed by atoms with E-state index in [1.54, 1.807) is 0 Å². The first kappa shape index (κ1) is 14.6. The number of nitrogens with one attached hydrogen (secondary N) is 1. The van der Waals surface area contributed by atoms with Crippen molar-refractivity contribution in [2.24, 2.45) is 0 Å². The Bertz CT molecular complexity index is 595. The molecule has 0 radical (unpaired) electrons. The first-order valence-electron chi connectivity index (χ1n) is 6.71. The van der Waals surface area contributed by atoms with Crippen LogP contribution in [-0.4, -0.2) is 12.5 Å². The van der Waals surface area contributed by atoms with E-state index in [9.17, 15) is 4.79 Å². The molecule has 0 saturated heterocycles. The lowest BCUT2D eigenvalue weighted by Gasteiger charge is -2.07. The zero-order valence-electron chi connectivity index (χ0n) is 11.5. The molecular weight excluding hydrogens is 270 g/mol. The number of hydrogen-bond donors (Lipinski definition) is 1. The van der Waals surface area contributed by atoms with Crippen LogP contribution in [0.5, 0.6) is 0 Å². The summed E-state index contributed by atoms with van der Waals surface area (Å²) in [5, 5.41) is 3.67. The van der Waals surface area contributed by atoms with Gasteiger partial charge in [-0.3, -0.25) is 4.79 Å². The minimum atomic E-state index is 0.0568. The van der Waals surface area contributed by atoms with Crippen molar-refractivity contribution in [3.05, 3.63) is 70.2 Å². The smallest absolute Gasteiger partial charge is 0.224 e. The standard InChI is InChI=1S/C17H18ClNO/c1-13-5-2-3-7-15(13)12-17(20)19-10-9-14-6-4-8-16(18)11-14/h2-8,11H,9-10,12H2,1H3,(H,19,20).